The summed E-state index contributed by atoms with van der Waals surface area (Å²) in [4.78, 5) is 39.5. The van der Waals surface area contributed by atoms with Gasteiger partial charge >= 0.3 is 6.09 Å². The Morgan fingerprint density at radius 3 is 2.42 bits per heavy atom. The highest BCUT2D eigenvalue weighted by molar-refractivity contribution is 7.98. The van der Waals surface area contributed by atoms with Crippen LogP contribution in [0.4, 0.5) is 21.9 Å². The molecule has 1 amide bonds. The normalized spacial score (nSPS) is 13.6. The van der Waals surface area contributed by atoms with Gasteiger partial charge in [0.1, 0.15) is 16.9 Å². The second-order valence-corrected chi connectivity index (χ2v) is 11.4. The molecule has 1 N–H and O–H groups in total. The van der Waals surface area contributed by atoms with Gasteiger partial charge in [0.2, 0.25) is 0 Å². The zero-order valence-electron chi connectivity index (χ0n) is 23.8. The predicted molar refractivity (Wildman–Crippen MR) is 155 cm³/mol. The number of aryl methyl sites for hydroxylation is 1. The van der Waals surface area contributed by atoms with E-state index < -0.39 is 17.3 Å². The molecule has 0 radical (unpaired) electrons. The number of para-hydroxylation sites is 1. The molecule has 0 aliphatic carbocycles. The van der Waals surface area contributed by atoms with E-state index in [0.29, 0.717) is 40.7 Å². The van der Waals surface area contributed by atoms with Crippen molar-refractivity contribution in [1.82, 2.24) is 14.5 Å². The second kappa shape index (κ2) is 11.3. The molecule has 206 valence electrons. The van der Waals surface area contributed by atoms with E-state index >= 15 is 0 Å². The number of nitrogens with zero attached hydrogens (tertiary/aromatic N) is 5. The monoisotopic (exact) mass is 541 g/mol. The fourth-order valence-electron chi connectivity index (χ4n) is 4.35. The molecule has 9 nitrogen and oxygen atoms in total. The summed E-state index contributed by atoms with van der Waals surface area (Å²) in [5.74, 6) is 0. The molecule has 38 heavy (non-hydrogen) atoms. The number of anilines is 3. The van der Waals surface area contributed by atoms with Gasteiger partial charge in [-0.3, -0.25) is 14.3 Å². The highest BCUT2D eigenvalue weighted by Gasteiger charge is 2.33. The van der Waals surface area contributed by atoms with E-state index in [1.54, 1.807) is 31.0 Å². The van der Waals surface area contributed by atoms with E-state index in [1.165, 1.54) is 16.3 Å². The Morgan fingerprint density at radius 2 is 1.82 bits per heavy atom. The third-order valence-corrected chi connectivity index (χ3v) is 6.30. The lowest BCUT2D eigenvalue weighted by Gasteiger charge is -2.39. The molecule has 0 spiro atoms. The van der Waals surface area contributed by atoms with E-state index in [2.05, 4.69) is 9.97 Å². The molecule has 0 fully saturated rings. The first-order valence-electron chi connectivity index (χ1n) is 12.8. The fraction of sp³-hybridized carbons (Fsp3) is 0.500. The van der Waals surface area contributed by atoms with Gasteiger partial charge in [0.25, 0.3) is 5.56 Å². The van der Waals surface area contributed by atoms with Crippen LogP contribution in [-0.2, 0) is 11.3 Å². The highest BCUT2D eigenvalue weighted by atomic mass is 32.2. The second-order valence-electron chi connectivity index (χ2n) is 10.6. The van der Waals surface area contributed by atoms with Crippen molar-refractivity contribution in [3.8, 4) is 0 Å². The molecule has 0 bridgehead atoms. The van der Waals surface area contributed by atoms with E-state index in [-0.39, 0.29) is 12.1 Å². The number of benzene rings is 1. The van der Waals surface area contributed by atoms with Crippen LogP contribution < -0.4 is 15.4 Å². The lowest BCUT2D eigenvalue weighted by molar-refractivity contribution is 0.0577. The van der Waals surface area contributed by atoms with Gasteiger partial charge in [-0.2, -0.15) is 0 Å². The molecule has 3 heterocycles. The largest absolute Gasteiger partial charge is 0.443 e. The summed E-state index contributed by atoms with van der Waals surface area (Å²) >= 11 is 1.39. The fourth-order valence-corrected chi connectivity index (χ4v) is 4.68. The smallest absolute Gasteiger partial charge is 0.414 e. The summed E-state index contributed by atoms with van der Waals surface area (Å²) in [5, 5.41) is 11.8. The van der Waals surface area contributed by atoms with Crippen molar-refractivity contribution < 1.29 is 14.6 Å². The van der Waals surface area contributed by atoms with Gasteiger partial charge in [-0.15, -0.1) is 0 Å². The average molecular weight is 542 g/mol. The van der Waals surface area contributed by atoms with Crippen molar-refractivity contribution in [2.75, 3.05) is 29.1 Å². The number of hydrogen-bond donors (Lipinski definition) is 1. The van der Waals surface area contributed by atoms with Crippen molar-refractivity contribution in [3.63, 3.8) is 0 Å². The third kappa shape index (κ3) is 6.30. The van der Waals surface area contributed by atoms with Gasteiger partial charge in [0.05, 0.1) is 23.5 Å². The van der Waals surface area contributed by atoms with Crippen LogP contribution in [0.1, 0.15) is 54.0 Å². The number of pyridine rings is 1. The number of carbonyl (C=O) groups excluding carboxylic acids is 1. The summed E-state index contributed by atoms with van der Waals surface area (Å²) in [5.41, 5.74) is 1.22. The number of ether oxygens (including phenoxy) is 1. The van der Waals surface area contributed by atoms with Crippen molar-refractivity contribution in [1.29, 1.82) is 0 Å². The number of aliphatic hydroxyl groups is 1. The number of amides is 1. The molecule has 10 heteroatoms. The molecule has 0 saturated heterocycles. The summed E-state index contributed by atoms with van der Waals surface area (Å²) in [6, 6.07) is 7.53. The molecule has 1 aromatic carbocycles. The maximum atomic E-state index is 13.9. The Kier molecular flexibility index (Phi) is 8.78. The predicted octanol–water partition coefficient (Wildman–Crippen LogP) is 5.51. The number of aromatic nitrogens is 3. The first-order valence-corrected chi connectivity index (χ1v) is 14.1. The summed E-state index contributed by atoms with van der Waals surface area (Å²) in [6.07, 6.45) is 3.15. The number of carbonyl (C=O) groups is 1. The molecule has 1 aliphatic heterocycles. The van der Waals surface area contributed by atoms with Crippen molar-refractivity contribution >= 4 is 46.0 Å². The van der Waals surface area contributed by atoms with Crippen molar-refractivity contribution in [2.24, 2.45) is 0 Å². The molecular formula is C28H39N5O4S. The van der Waals surface area contributed by atoms with Crippen molar-refractivity contribution in [2.45, 2.75) is 78.3 Å². The van der Waals surface area contributed by atoms with Gasteiger partial charge in [0.15, 0.2) is 5.16 Å². The number of rotatable bonds is 4. The van der Waals surface area contributed by atoms with Crippen LogP contribution >= 0.6 is 11.8 Å². The number of fused-ring (bicyclic) bond motifs is 2. The van der Waals surface area contributed by atoms with Crippen LogP contribution in [0, 0.1) is 6.92 Å². The van der Waals surface area contributed by atoms with E-state index in [9.17, 15) is 14.7 Å². The van der Waals surface area contributed by atoms with Gasteiger partial charge in [-0.25, -0.2) is 14.8 Å². The van der Waals surface area contributed by atoms with Crippen LogP contribution in [-0.4, -0.2) is 56.3 Å². The van der Waals surface area contributed by atoms with Crippen LogP contribution in [0.25, 0.3) is 11.0 Å². The van der Waals surface area contributed by atoms with Gasteiger partial charge < -0.3 is 14.7 Å². The molecule has 0 saturated carbocycles. The Hall–Kier alpha value is -3.11. The average Bonchev–Trinajstić information content (AvgIpc) is 2.84. The van der Waals surface area contributed by atoms with Crippen LogP contribution in [0.5, 0.6) is 0 Å². The molecule has 0 atom stereocenters. The minimum absolute atomic E-state index is 0.0690. The van der Waals surface area contributed by atoms with Gasteiger partial charge in [-0.05, 0) is 65.5 Å². The SMILES string of the molecule is CC.CSc1ncc2cc(N3CCN(C(=O)OC(C)(C)C)c4c(C)cccc43)c(=O)n(CC(C)(C)O)c2n1. The summed E-state index contributed by atoms with van der Waals surface area (Å²) in [6.45, 7) is 15.6. The van der Waals surface area contributed by atoms with E-state index in [4.69, 9.17) is 4.74 Å². The molecule has 3 aromatic rings. The van der Waals surface area contributed by atoms with Crippen LogP contribution in [0.2, 0.25) is 0 Å². The third-order valence-electron chi connectivity index (χ3n) is 5.74. The summed E-state index contributed by atoms with van der Waals surface area (Å²) < 4.78 is 7.18. The zero-order chi connectivity index (χ0) is 28.4. The van der Waals surface area contributed by atoms with Gasteiger partial charge in [0, 0.05) is 24.7 Å². The molecule has 0 unspecified atom stereocenters. The number of hydrogen-bond acceptors (Lipinski definition) is 8. The van der Waals surface area contributed by atoms with E-state index in [1.807, 2.05) is 70.9 Å². The lowest BCUT2D eigenvalue weighted by Crippen LogP contribution is -2.46. The van der Waals surface area contributed by atoms with E-state index in [0.717, 1.165) is 11.3 Å². The Labute approximate surface area is 228 Å². The molecule has 1 aliphatic rings. The van der Waals surface area contributed by atoms with Crippen molar-refractivity contribution in [3.05, 3.63) is 46.4 Å². The first kappa shape index (κ1) is 29.4. The Balaban J connectivity index is 0.00000195. The van der Waals surface area contributed by atoms with Gasteiger partial charge in [-0.1, -0.05) is 37.7 Å². The zero-order valence-corrected chi connectivity index (χ0v) is 24.6. The molecule has 2 aromatic heterocycles. The molecular weight excluding hydrogens is 502 g/mol. The maximum Gasteiger partial charge on any atom is 0.414 e. The minimum Gasteiger partial charge on any atom is -0.443 e. The minimum atomic E-state index is -1.14. The first-order chi connectivity index (χ1) is 17.8. The Morgan fingerprint density at radius 1 is 1.13 bits per heavy atom. The Bertz CT molecular complexity index is 1370. The van der Waals surface area contributed by atoms with Crippen LogP contribution in [0.3, 0.4) is 0 Å². The lowest BCUT2D eigenvalue weighted by atomic mass is 10.1. The topological polar surface area (TPSA) is 101 Å². The molecule has 4 rings (SSSR count). The highest BCUT2D eigenvalue weighted by Crippen LogP contribution is 2.40. The van der Waals surface area contributed by atoms with Crippen LogP contribution in [0.15, 0.2) is 40.4 Å². The number of thioether (sulfide) groups is 1. The standard InChI is InChI=1S/C26H33N5O4S.C2H6/c1-16-9-8-10-18-20(16)30(24(33)35-25(2,3)4)12-11-29(18)19-13-17-14-27-23(36-7)28-21(17)31(22(19)32)15-26(5,6)34;1-2/h8-10,13-14,34H,11-12,15H2,1-7H3;1-2H3. The quantitative estimate of drug-likeness (QED) is 0.341. The summed E-state index contributed by atoms with van der Waals surface area (Å²) in [7, 11) is 0. The maximum absolute atomic E-state index is 13.9.